The Kier molecular flexibility index (Phi) is 4.47. The van der Waals surface area contributed by atoms with E-state index in [1.807, 2.05) is 52.9 Å². The van der Waals surface area contributed by atoms with Crippen LogP contribution in [0.5, 0.6) is 11.5 Å². The topological polar surface area (TPSA) is 57.0 Å². The Morgan fingerprint density at radius 1 is 1.05 bits per heavy atom. The van der Waals surface area contributed by atoms with Crippen LogP contribution >= 0.6 is 22.6 Å². The van der Waals surface area contributed by atoms with E-state index in [0.717, 1.165) is 5.75 Å². The van der Waals surface area contributed by atoms with Gasteiger partial charge < -0.3 is 4.74 Å². The van der Waals surface area contributed by atoms with Crippen LogP contribution in [0.25, 0.3) is 0 Å². The first-order chi connectivity index (χ1) is 10.7. The Labute approximate surface area is 141 Å². The highest BCUT2D eigenvalue weighted by atomic mass is 127. The molecule has 6 heteroatoms. The van der Waals surface area contributed by atoms with Gasteiger partial charge in [0.15, 0.2) is 5.78 Å². The van der Waals surface area contributed by atoms with Crippen molar-refractivity contribution in [2.24, 2.45) is 0 Å². The van der Waals surface area contributed by atoms with Crippen molar-refractivity contribution in [1.82, 2.24) is 14.8 Å². The monoisotopic (exact) mass is 405 g/mol. The van der Waals surface area contributed by atoms with Crippen molar-refractivity contribution >= 4 is 28.4 Å². The predicted octanol–water partition coefficient (Wildman–Crippen LogP) is 3.56. The molecular weight excluding hydrogens is 393 g/mol. The highest BCUT2D eigenvalue weighted by Crippen LogP contribution is 2.21. The van der Waals surface area contributed by atoms with Crippen LogP contribution in [0.4, 0.5) is 0 Å². The zero-order valence-corrected chi connectivity index (χ0v) is 13.7. The molecule has 22 heavy (non-hydrogen) atoms. The minimum absolute atomic E-state index is 0.0208. The minimum atomic E-state index is -0.0208. The van der Waals surface area contributed by atoms with Gasteiger partial charge >= 0.3 is 0 Å². The van der Waals surface area contributed by atoms with E-state index in [1.165, 1.54) is 4.68 Å². The number of Topliss-reactive ketones (excluding diaryl/α,β-unsaturated/α-hetero) is 1. The van der Waals surface area contributed by atoms with Gasteiger partial charge in [-0.3, -0.25) is 4.79 Å². The van der Waals surface area contributed by atoms with E-state index in [-0.39, 0.29) is 12.3 Å². The van der Waals surface area contributed by atoms with Crippen molar-refractivity contribution in [3.05, 3.63) is 70.3 Å². The Bertz CT molecular complexity index is 770. The molecule has 0 bridgehead atoms. The lowest BCUT2D eigenvalue weighted by Gasteiger charge is -2.06. The number of hydrogen-bond acceptors (Lipinski definition) is 4. The molecule has 2 aromatic carbocycles. The molecule has 0 fully saturated rings. The zero-order valence-electron chi connectivity index (χ0n) is 11.5. The summed E-state index contributed by atoms with van der Waals surface area (Å²) in [5.41, 5.74) is 0.617. The summed E-state index contributed by atoms with van der Waals surface area (Å²) in [6, 6.07) is 16.6. The summed E-state index contributed by atoms with van der Waals surface area (Å²) in [6.07, 6.45) is 1.55. The molecule has 0 aliphatic rings. The Morgan fingerprint density at radius 2 is 1.73 bits per heavy atom. The maximum absolute atomic E-state index is 12.2. The fourth-order valence-electron chi connectivity index (χ4n) is 1.92. The Balaban J connectivity index is 1.67. The molecule has 3 rings (SSSR count). The van der Waals surface area contributed by atoms with Crippen LogP contribution in [-0.4, -0.2) is 20.5 Å². The van der Waals surface area contributed by atoms with Gasteiger partial charge in [-0.25, -0.2) is 9.67 Å². The molecule has 0 atom stereocenters. The van der Waals surface area contributed by atoms with Gasteiger partial charge in [-0.1, -0.05) is 18.2 Å². The van der Waals surface area contributed by atoms with E-state index in [0.29, 0.717) is 15.1 Å². The molecule has 1 heterocycles. The molecule has 0 aliphatic carbocycles. The maximum atomic E-state index is 12.2. The van der Waals surface area contributed by atoms with Crippen molar-refractivity contribution in [2.75, 3.05) is 0 Å². The van der Waals surface area contributed by atoms with Crippen molar-refractivity contribution in [3.8, 4) is 11.5 Å². The summed E-state index contributed by atoms with van der Waals surface area (Å²) in [6.45, 7) is 0.175. The third kappa shape index (κ3) is 3.70. The number of carbonyl (C=O) groups excluding carboxylic acids is 1. The van der Waals surface area contributed by atoms with Gasteiger partial charge in [0.25, 0.3) is 0 Å². The first-order valence-corrected chi connectivity index (χ1v) is 7.70. The van der Waals surface area contributed by atoms with Gasteiger partial charge in [-0.15, -0.1) is 5.10 Å². The molecule has 1 aromatic heterocycles. The molecule has 0 saturated heterocycles. The van der Waals surface area contributed by atoms with E-state index in [2.05, 4.69) is 10.1 Å². The van der Waals surface area contributed by atoms with E-state index in [4.69, 9.17) is 4.74 Å². The summed E-state index contributed by atoms with van der Waals surface area (Å²) in [5, 5.41) is 4.10. The first kappa shape index (κ1) is 14.7. The number of carbonyl (C=O) groups is 1. The summed E-state index contributed by atoms with van der Waals surface area (Å²) in [4.78, 5) is 16.2. The van der Waals surface area contributed by atoms with Gasteiger partial charge in [0.05, 0.1) is 0 Å². The fourth-order valence-corrected chi connectivity index (χ4v) is 2.32. The average Bonchev–Trinajstić information content (AvgIpc) is 2.94. The Morgan fingerprint density at radius 3 is 2.36 bits per heavy atom. The lowest BCUT2D eigenvalue weighted by Crippen LogP contribution is -2.10. The van der Waals surface area contributed by atoms with Crippen LogP contribution in [0.1, 0.15) is 10.4 Å². The smallest absolute Gasteiger partial charge is 0.211 e. The molecule has 0 unspecified atom stereocenters. The highest BCUT2D eigenvalue weighted by molar-refractivity contribution is 14.1. The number of nitrogens with zero attached hydrogens (tertiary/aromatic N) is 3. The van der Waals surface area contributed by atoms with Gasteiger partial charge in [-0.05, 0) is 36.4 Å². The van der Waals surface area contributed by atoms with Gasteiger partial charge in [0, 0.05) is 28.2 Å². The second-order valence-corrected chi connectivity index (χ2v) is 5.54. The average molecular weight is 405 g/mol. The molecular formula is C16H12IN3O2. The maximum Gasteiger partial charge on any atom is 0.211 e. The van der Waals surface area contributed by atoms with Crippen LogP contribution < -0.4 is 4.74 Å². The minimum Gasteiger partial charge on any atom is -0.457 e. The highest BCUT2D eigenvalue weighted by Gasteiger charge is 2.08. The van der Waals surface area contributed by atoms with E-state index in [1.54, 1.807) is 30.6 Å². The number of para-hydroxylation sites is 1. The largest absolute Gasteiger partial charge is 0.457 e. The van der Waals surface area contributed by atoms with Gasteiger partial charge in [0.1, 0.15) is 24.4 Å². The molecule has 0 radical (unpaired) electrons. The SMILES string of the molecule is O=C(Cn1cnc(I)n1)c1ccc(Oc2ccccc2)cc1. The van der Waals surface area contributed by atoms with Crippen LogP contribution in [0.3, 0.4) is 0 Å². The first-order valence-electron chi connectivity index (χ1n) is 6.62. The quantitative estimate of drug-likeness (QED) is 0.481. The molecule has 5 nitrogen and oxygen atoms in total. The molecule has 0 N–H and O–H groups in total. The lowest BCUT2D eigenvalue weighted by molar-refractivity contribution is 0.0967. The molecule has 0 saturated carbocycles. The second kappa shape index (κ2) is 6.69. The Hall–Kier alpha value is -2.22. The number of ether oxygens (including phenoxy) is 1. The third-order valence-electron chi connectivity index (χ3n) is 2.97. The lowest BCUT2D eigenvalue weighted by atomic mass is 10.1. The summed E-state index contributed by atoms with van der Waals surface area (Å²) < 4.78 is 7.84. The fraction of sp³-hybridized carbons (Fsp3) is 0.0625. The van der Waals surface area contributed by atoms with Crippen LogP contribution in [0.2, 0.25) is 0 Å². The van der Waals surface area contributed by atoms with Crippen molar-refractivity contribution in [3.63, 3.8) is 0 Å². The van der Waals surface area contributed by atoms with Crippen LogP contribution in [0, 0.1) is 3.83 Å². The van der Waals surface area contributed by atoms with Gasteiger partial charge in [0.2, 0.25) is 3.83 Å². The van der Waals surface area contributed by atoms with Crippen LogP contribution in [0.15, 0.2) is 60.9 Å². The van der Waals surface area contributed by atoms with Crippen molar-refractivity contribution < 1.29 is 9.53 Å². The summed E-state index contributed by atoms with van der Waals surface area (Å²) in [5.74, 6) is 1.43. The molecule has 0 spiro atoms. The summed E-state index contributed by atoms with van der Waals surface area (Å²) in [7, 11) is 0. The van der Waals surface area contributed by atoms with Crippen molar-refractivity contribution in [2.45, 2.75) is 6.54 Å². The number of benzene rings is 2. The van der Waals surface area contributed by atoms with E-state index in [9.17, 15) is 4.79 Å². The second-order valence-electron chi connectivity index (χ2n) is 4.57. The van der Waals surface area contributed by atoms with E-state index < -0.39 is 0 Å². The number of ketones is 1. The normalized spacial score (nSPS) is 10.4. The molecule has 0 amide bonds. The molecule has 0 aliphatic heterocycles. The molecule has 110 valence electrons. The number of halogens is 1. The number of aromatic nitrogens is 3. The number of rotatable bonds is 5. The van der Waals surface area contributed by atoms with Gasteiger partial charge in [-0.2, -0.15) is 0 Å². The summed E-state index contributed by atoms with van der Waals surface area (Å²) >= 11 is 2.01. The zero-order chi connectivity index (χ0) is 15.4. The van der Waals surface area contributed by atoms with Crippen molar-refractivity contribution in [1.29, 1.82) is 0 Å². The third-order valence-corrected chi connectivity index (χ3v) is 3.46. The van der Waals surface area contributed by atoms with Crippen LogP contribution in [-0.2, 0) is 6.54 Å². The molecule has 3 aromatic rings. The number of hydrogen-bond donors (Lipinski definition) is 0. The standard InChI is InChI=1S/C16H12IN3O2/c17-16-18-11-20(19-16)10-15(21)12-6-8-14(9-7-12)22-13-4-2-1-3-5-13/h1-9,11H,10H2. The van der Waals surface area contributed by atoms with E-state index >= 15 is 0 Å². The predicted molar refractivity (Wildman–Crippen MR) is 90.0 cm³/mol.